The first-order valence-corrected chi connectivity index (χ1v) is 4.15. The van der Waals surface area contributed by atoms with Gasteiger partial charge in [0.15, 0.2) is 5.65 Å². The number of imidazole rings is 1. The zero-order valence-electron chi connectivity index (χ0n) is 5.76. The third kappa shape index (κ3) is 1.08. The molecule has 2 aromatic heterocycles. The highest BCUT2D eigenvalue weighted by Crippen LogP contribution is 2.05. The molecule has 7 heteroatoms. The molecule has 0 fully saturated rings. The molecular formula is C5H4N4O2S. The van der Waals surface area contributed by atoms with Crippen molar-refractivity contribution >= 4 is 22.2 Å². The van der Waals surface area contributed by atoms with Crippen LogP contribution < -0.4 is 0 Å². The molecule has 0 amide bonds. The van der Waals surface area contributed by atoms with Crippen LogP contribution in [0.1, 0.15) is 0 Å². The van der Waals surface area contributed by atoms with E-state index in [9.17, 15) is 4.21 Å². The van der Waals surface area contributed by atoms with E-state index < -0.39 is 11.1 Å². The van der Waals surface area contributed by atoms with Crippen LogP contribution in [0.2, 0.25) is 0 Å². The Labute approximate surface area is 69.4 Å². The fourth-order valence-electron chi connectivity index (χ4n) is 0.805. The Morgan fingerprint density at radius 1 is 1.50 bits per heavy atom. The van der Waals surface area contributed by atoms with Crippen LogP contribution >= 0.6 is 0 Å². The van der Waals surface area contributed by atoms with E-state index in [4.69, 9.17) is 4.55 Å². The second-order valence-corrected chi connectivity index (χ2v) is 2.91. The van der Waals surface area contributed by atoms with E-state index in [0.717, 1.165) is 0 Å². The Bertz CT molecular complexity index is 440. The van der Waals surface area contributed by atoms with E-state index in [1.165, 1.54) is 12.5 Å². The number of aromatic nitrogens is 4. The summed E-state index contributed by atoms with van der Waals surface area (Å²) < 4.78 is 19.1. The Kier molecular flexibility index (Phi) is 1.59. The van der Waals surface area contributed by atoms with Crippen LogP contribution in [0.5, 0.6) is 0 Å². The van der Waals surface area contributed by atoms with Crippen molar-refractivity contribution in [3.63, 3.8) is 0 Å². The molecule has 2 aromatic rings. The lowest BCUT2D eigenvalue weighted by atomic mass is 10.6. The van der Waals surface area contributed by atoms with Crippen molar-refractivity contribution in [2.45, 2.75) is 5.16 Å². The highest BCUT2D eigenvalue weighted by molar-refractivity contribution is 7.79. The normalized spacial score (nSPS) is 13.4. The van der Waals surface area contributed by atoms with Gasteiger partial charge in [0.2, 0.25) is 16.2 Å². The molecular weight excluding hydrogens is 180 g/mol. The highest BCUT2D eigenvalue weighted by Gasteiger charge is 2.05. The van der Waals surface area contributed by atoms with E-state index in [-0.39, 0.29) is 5.16 Å². The Balaban J connectivity index is 2.68. The largest absolute Gasteiger partial charge is 0.342 e. The fourth-order valence-corrected chi connectivity index (χ4v) is 1.11. The average molecular weight is 184 g/mol. The summed E-state index contributed by atoms with van der Waals surface area (Å²) in [6.45, 7) is 0. The first kappa shape index (κ1) is 7.32. The summed E-state index contributed by atoms with van der Waals surface area (Å²) in [7, 11) is 0. The number of fused-ring (bicyclic) bond motifs is 1. The minimum atomic E-state index is -2.15. The van der Waals surface area contributed by atoms with Gasteiger partial charge in [0.1, 0.15) is 5.52 Å². The molecule has 0 bridgehead atoms. The van der Waals surface area contributed by atoms with Crippen molar-refractivity contribution in [1.29, 1.82) is 0 Å². The first-order chi connectivity index (χ1) is 5.77. The molecule has 0 saturated carbocycles. The van der Waals surface area contributed by atoms with Crippen LogP contribution in [0.3, 0.4) is 0 Å². The van der Waals surface area contributed by atoms with Crippen molar-refractivity contribution in [3.8, 4) is 0 Å². The second kappa shape index (κ2) is 2.61. The molecule has 0 aliphatic heterocycles. The van der Waals surface area contributed by atoms with Gasteiger partial charge in [-0.2, -0.15) is 4.98 Å². The summed E-state index contributed by atoms with van der Waals surface area (Å²) in [5.74, 6) is 0. The van der Waals surface area contributed by atoms with Crippen LogP contribution in [-0.4, -0.2) is 28.7 Å². The van der Waals surface area contributed by atoms with Crippen molar-refractivity contribution in [1.82, 2.24) is 19.9 Å². The van der Waals surface area contributed by atoms with E-state index in [1.807, 2.05) is 0 Å². The fraction of sp³-hybridized carbons (Fsp3) is 0. The van der Waals surface area contributed by atoms with Gasteiger partial charge >= 0.3 is 0 Å². The number of rotatable bonds is 1. The van der Waals surface area contributed by atoms with Crippen LogP contribution in [-0.2, 0) is 11.1 Å². The van der Waals surface area contributed by atoms with E-state index in [1.54, 1.807) is 0 Å². The third-order valence-electron chi connectivity index (χ3n) is 1.31. The monoisotopic (exact) mass is 184 g/mol. The minimum absolute atomic E-state index is 0.130. The molecule has 0 aliphatic rings. The van der Waals surface area contributed by atoms with Crippen molar-refractivity contribution in [2.75, 3.05) is 0 Å². The van der Waals surface area contributed by atoms with Gasteiger partial charge < -0.3 is 4.98 Å². The van der Waals surface area contributed by atoms with Crippen LogP contribution in [0.4, 0.5) is 0 Å². The van der Waals surface area contributed by atoms with E-state index >= 15 is 0 Å². The van der Waals surface area contributed by atoms with E-state index in [2.05, 4.69) is 19.9 Å². The van der Waals surface area contributed by atoms with Gasteiger partial charge in [-0.25, -0.2) is 14.2 Å². The molecule has 1 atom stereocenters. The molecule has 0 spiro atoms. The molecule has 0 aromatic carbocycles. The van der Waals surface area contributed by atoms with Gasteiger partial charge in [-0.05, 0) is 0 Å². The lowest BCUT2D eigenvalue weighted by Crippen LogP contribution is -1.96. The maximum absolute atomic E-state index is 10.5. The zero-order valence-corrected chi connectivity index (χ0v) is 6.58. The molecule has 0 aliphatic carbocycles. The predicted molar refractivity (Wildman–Crippen MR) is 40.7 cm³/mol. The van der Waals surface area contributed by atoms with Gasteiger partial charge in [0, 0.05) is 0 Å². The van der Waals surface area contributed by atoms with Gasteiger partial charge in [-0.15, -0.1) is 0 Å². The molecule has 62 valence electrons. The number of hydrogen-bond donors (Lipinski definition) is 2. The molecule has 12 heavy (non-hydrogen) atoms. The number of H-pyrrole nitrogens is 1. The van der Waals surface area contributed by atoms with Crippen LogP contribution in [0, 0.1) is 0 Å². The molecule has 1 unspecified atom stereocenters. The summed E-state index contributed by atoms with van der Waals surface area (Å²) in [6.07, 6.45) is 2.86. The SMILES string of the molecule is O=S(O)c1ncc2[nH]cnc2n1. The van der Waals surface area contributed by atoms with Crippen molar-refractivity contribution in [3.05, 3.63) is 12.5 Å². The Hall–Kier alpha value is -1.34. The van der Waals surface area contributed by atoms with Gasteiger partial charge in [0.25, 0.3) is 0 Å². The Morgan fingerprint density at radius 3 is 3.08 bits per heavy atom. The molecule has 2 rings (SSSR count). The van der Waals surface area contributed by atoms with Crippen molar-refractivity contribution < 1.29 is 8.76 Å². The van der Waals surface area contributed by atoms with Gasteiger partial charge in [-0.3, -0.25) is 4.55 Å². The van der Waals surface area contributed by atoms with Crippen LogP contribution in [0.25, 0.3) is 11.2 Å². The average Bonchev–Trinajstić information content (AvgIpc) is 2.49. The second-order valence-electron chi connectivity index (χ2n) is 2.04. The molecule has 0 saturated heterocycles. The summed E-state index contributed by atoms with van der Waals surface area (Å²) in [5.41, 5.74) is 1.03. The number of hydrogen-bond acceptors (Lipinski definition) is 4. The number of nitrogens with zero attached hydrogens (tertiary/aromatic N) is 3. The van der Waals surface area contributed by atoms with Crippen LogP contribution in [0.15, 0.2) is 17.7 Å². The summed E-state index contributed by atoms with van der Waals surface area (Å²) in [5, 5.41) is -0.130. The lowest BCUT2D eigenvalue weighted by molar-refractivity contribution is 0.555. The van der Waals surface area contributed by atoms with E-state index in [0.29, 0.717) is 11.2 Å². The maximum Gasteiger partial charge on any atom is 0.248 e. The lowest BCUT2D eigenvalue weighted by Gasteiger charge is -1.90. The molecule has 6 nitrogen and oxygen atoms in total. The molecule has 2 N–H and O–H groups in total. The maximum atomic E-state index is 10.5. The van der Waals surface area contributed by atoms with Gasteiger partial charge in [-0.1, -0.05) is 0 Å². The first-order valence-electron chi connectivity index (χ1n) is 3.04. The number of aromatic amines is 1. The summed E-state index contributed by atoms with van der Waals surface area (Å²) in [6, 6.07) is 0. The smallest absolute Gasteiger partial charge is 0.248 e. The Morgan fingerprint density at radius 2 is 2.33 bits per heavy atom. The molecule has 0 radical (unpaired) electrons. The number of nitrogens with one attached hydrogen (secondary N) is 1. The highest BCUT2D eigenvalue weighted by atomic mass is 32.2. The third-order valence-corrected chi connectivity index (χ3v) is 1.82. The summed E-state index contributed by atoms with van der Waals surface area (Å²) >= 11 is -2.15. The van der Waals surface area contributed by atoms with Crippen molar-refractivity contribution in [2.24, 2.45) is 0 Å². The standard InChI is InChI=1S/C5H4N4O2S/c10-12(11)5-6-1-3-4(9-5)8-2-7-3/h1-2H,(H,10,11)(H,6,7,8,9). The topological polar surface area (TPSA) is 91.8 Å². The van der Waals surface area contributed by atoms with Gasteiger partial charge in [0.05, 0.1) is 12.5 Å². The molecule has 2 heterocycles. The summed E-state index contributed by atoms with van der Waals surface area (Å²) in [4.78, 5) is 14.0. The minimum Gasteiger partial charge on any atom is -0.342 e. The predicted octanol–water partition coefficient (Wildman–Crippen LogP) is -0.0665. The zero-order chi connectivity index (χ0) is 8.55. The quantitative estimate of drug-likeness (QED) is 0.478.